The molecular formula is C21H32NO7P. The van der Waals surface area contributed by atoms with Crippen molar-refractivity contribution in [2.45, 2.75) is 75.9 Å². The van der Waals surface area contributed by atoms with E-state index < -0.39 is 37.8 Å². The molecule has 168 valence electrons. The molecule has 0 amide bonds. The number of nitrogens with one attached hydrogen (secondary N) is 1. The Labute approximate surface area is 177 Å². The Bertz CT molecular complexity index is 725. The summed E-state index contributed by atoms with van der Waals surface area (Å²) in [6.07, 6.45) is 2.93. The first kappa shape index (κ1) is 23.2. The molecule has 3 N–H and O–H groups in total. The molecule has 0 aromatic heterocycles. The molecule has 1 heterocycles. The van der Waals surface area contributed by atoms with Crippen LogP contribution >= 0.6 is 7.52 Å². The minimum Gasteiger partial charge on any atom is -0.461 e. The molecule has 1 saturated carbocycles. The lowest BCUT2D eigenvalue weighted by Crippen LogP contribution is -2.38. The number of benzene rings is 1. The van der Waals surface area contributed by atoms with Crippen molar-refractivity contribution in [3.63, 3.8) is 0 Å². The number of hydrogen-bond donors (Lipinski definition) is 3. The van der Waals surface area contributed by atoms with Crippen LogP contribution in [0.4, 0.5) is 0 Å². The van der Waals surface area contributed by atoms with Gasteiger partial charge in [0.25, 0.3) is 0 Å². The maximum Gasteiger partial charge on any atom is 0.323 e. The molecule has 2 unspecified atom stereocenters. The number of hydrogen-bond acceptors (Lipinski definition) is 7. The summed E-state index contributed by atoms with van der Waals surface area (Å²) in [6.45, 7) is 1.28. The zero-order chi connectivity index (χ0) is 21.6. The summed E-state index contributed by atoms with van der Waals surface area (Å²) in [7, 11) is -3.59. The van der Waals surface area contributed by atoms with Crippen LogP contribution in [0.1, 0.15) is 45.4 Å². The third-order valence-corrected chi connectivity index (χ3v) is 7.67. The molecule has 2 aliphatic rings. The van der Waals surface area contributed by atoms with Gasteiger partial charge in [0.1, 0.15) is 24.0 Å². The van der Waals surface area contributed by atoms with Gasteiger partial charge in [-0.05, 0) is 44.7 Å². The molecule has 1 saturated heterocycles. The van der Waals surface area contributed by atoms with E-state index in [9.17, 15) is 19.6 Å². The monoisotopic (exact) mass is 441 g/mol. The fourth-order valence-electron chi connectivity index (χ4n) is 3.93. The predicted molar refractivity (Wildman–Crippen MR) is 111 cm³/mol. The van der Waals surface area contributed by atoms with Crippen molar-refractivity contribution in [2.24, 2.45) is 0 Å². The van der Waals surface area contributed by atoms with Crippen LogP contribution in [0.3, 0.4) is 0 Å². The molecule has 30 heavy (non-hydrogen) atoms. The van der Waals surface area contributed by atoms with Gasteiger partial charge in [-0.1, -0.05) is 24.6 Å². The average molecular weight is 441 g/mol. The minimum atomic E-state index is -3.59. The van der Waals surface area contributed by atoms with Crippen LogP contribution in [-0.2, 0) is 18.8 Å². The molecule has 2 fully saturated rings. The van der Waals surface area contributed by atoms with Crippen LogP contribution in [0.25, 0.3) is 0 Å². The van der Waals surface area contributed by atoms with Gasteiger partial charge in [0.2, 0.25) is 0 Å². The number of aliphatic hydroxyl groups is 2. The molecule has 1 aromatic rings. The van der Waals surface area contributed by atoms with E-state index in [1.165, 1.54) is 0 Å². The van der Waals surface area contributed by atoms with Crippen molar-refractivity contribution in [2.75, 3.05) is 12.8 Å². The third kappa shape index (κ3) is 6.53. The number of rotatable bonds is 9. The Morgan fingerprint density at radius 2 is 1.97 bits per heavy atom. The van der Waals surface area contributed by atoms with Crippen molar-refractivity contribution in [1.29, 1.82) is 0 Å². The van der Waals surface area contributed by atoms with E-state index in [2.05, 4.69) is 5.09 Å². The maximum absolute atomic E-state index is 13.7. The fraction of sp³-hybridized carbons (Fsp3) is 0.667. The first-order valence-corrected chi connectivity index (χ1v) is 12.5. The van der Waals surface area contributed by atoms with Crippen LogP contribution in [0.2, 0.25) is 0 Å². The van der Waals surface area contributed by atoms with Crippen LogP contribution in [0, 0.1) is 0 Å². The number of ether oxygens (including phenoxy) is 2. The summed E-state index contributed by atoms with van der Waals surface area (Å²) in [5.41, 5.74) is 0. The molecule has 1 aliphatic heterocycles. The normalized spacial score (nSPS) is 27.9. The Kier molecular flexibility index (Phi) is 8.31. The standard InChI is InChI=1S/C21H32NO7P/c1-15(21(25)28-16-8-4-2-5-9-16)22-30(26,29-17-10-6-3-7-11-17)14-18-12-19(24)20(13-23)27-18/h3,6-7,10-11,15-16,18-20,23-24H,2,4-5,8-9,12-14H2,1H3,(H,22,26)/t15-,18?,19-,20+,30?/m0/s1. The van der Waals surface area contributed by atoms with E-state index >= 15 is 0 Å². The Hall–Kier alpha value is -1.44. The lowest BCUT2D eigenvalue weighted by molar-refractivity contribution is -0.152. The smallest absolute Gasteiger partial charge is 0.323 e. The highest BCUT2D eigenvalue weighted by molar-refractivity contribution is 7.57. The zero-order valence-electron chi connectivity index (χ0n) is 17.3. The van der Waals surface area contributed by atoms with Gasteiger partial charge in [0.15, 0.2) is 0 Å². The number of carbonyl (C=O) groups is 1. The summed E-state index contributed by atoms with van der Waals surface area (Å²) in [4.78, 5) is 12.6. The largest absolute Gasteiger partial charge is 0.461 e. The van der Waals surface area contributed by atoms with Gasteiger partial charge in [-0.25, -0.2) is 5.09 Å². The van der Waals surface area contributed by atoms with Crippen LogP contribution in [0.5, 0.6) is 5.75 Å². The second-order valence-electron chi connectivity index (χ2n) is 8.09. The van der Waals surface area contributed by atoms with Crippen molar-refractivity contribution in [3.05, 3.63) is 30.3 Å². The first-order chi connectivity index (χ1) is 14.4. The van der Waals surface area contributed by atoms with Crippen molar-refractivity contribution < 1.29 is 33.6 Å². The average Bonchev–Trinajstić information content (AvgIpc) is 3.07. The number of esters is 1. The van der Waals surface area contributed by atoms with Gasteiger partial charge >= 0.3 is 13.5 Å². The fourth-order valence-corrected chi connectivity index (χ4v) is 6.09. The first-order valence-electron chi connectivity index (χ1n) is 10.6. The van der Waals surface area contributed by atoms with E-state index in [1.54, 1.807) is 31.2 Å². The highest BCUT2D eigenvalue weighted by Crippen LogP contribution is 2.46. The highest BCUT2D eigenvalue weighted by atomic mass is 31.2. The van der Waals surface area contributed by atoms with E-state index in [0.717, 1.165) is 32.1 Å². The lowest BCUT2D eigenvalue weighted by atomic mass is 9.98. The van der Waals surface area contributed by atoms with Gasteiger partial charge in [-0.15, -0.1) is 0 Å². The molecule has 1 aromatic carbocycles. The number of para-hydroxylation sites is 1. The molecule has 0 bridgehead atoms. The van der Waals surface area contributed by atoms with E-state index in [0.29, 0.717) is 5.75 Å². The van der Waals surface area contributed by atoms with Gasteiger partial charge in [0.05, 0.1) is 25.0 Å². The van der Waals surface area contributed by atoms with Gasteiger partial charge in [-0.2, -0.15) is 0 Å². The SMILES string of the molecule is C[C@H](NP(=O)(CC1C[C@H](O)[C@@H](CO)O1)Oc1ccccc1)C(=O)OC1CCCCC1. The maximum atomic E-state index is 13.7. The van der Waals surface area contributed by atoms with Gasteiger partial charge < -0.3 is 24.2 Å². The van der Waals surface area contributed by atoms with Crippen molar-refractivity contribution >= 4 is 13.5 Å². The predicted octanol–water partition coefficient (Wildman–Crippen LogP) is 2.62. The Balaban J connectivity index is 1.67. The molecule has 9 heteroatoms. The summed E-state index contributed by atoms with van der Waals surface area (Å²) in [5, 5.41) is 22.1. The summed E-state index contributed by atoms with van der Waals surface area (Å²) in [5.74, 6) is -0.0576. The summed E-state index contributed by atoms with van der Waals surface area (Å²) < 4.78 is 30.7. The molecule has 5 atom stereocenters. The summed E-state index contributed by atoms with van der Waals surface area (Å²) in [6, 6.07) is 7.87. The Morgan fingerprint density at radius 1 is 1.27 bits per heavy atom. The summed E-state index contributed by atoms with van der Waals surface area (Å²) >= 11 is 0. The van der Waals surface area contributed by atoms with Gasteiger partial charge in [0, 0.05) is 6.42 Å². The molecule has 3 rings (SSSR count). The highest BCUT2D eigenvalue weighted by Gasteiger charge is 2.40. The van der Waals surface area contributed by atoms with Crippen LogP contribution in [0.15, 0.2) is 30.3 Å². The van der Waals surface area contributed by atoms with Gasteiger partial charge in [-0.3, -0.25) is 9.36 Å². The number of carbonyl (C=O) groups excluding carboxylic acids is 1. The second-order valence-corrected chi connectivity index (χ2v) is 10.2. The quantitative estimate of drug-likeness (QED) is 0.396. The Morgan fingerprint density at radius 3 is 2.60 bits per heavy atom. The molecule has 1 aliphatic carbocycles. The van der Waals surface area contributed by atoms with Crippen LogP contribution in [-0.4, -0.2) is 59.4 Å². The molecular weight excluding hydrogens is 409 g/mol. The zero-order valence-corrected chi connectivity index (χ0v) is 18.2. The lowest BCUT2D eigenvalue weighted by Gasteiger charge is -2.27. The number of aliphatic hydroxyl groups excluding tert-OH is 2. The minimum absolute atomic E-state index is 0.0451. The topological polar surface area (TPSA) is 114 Å². The van der Waals surface area contributed by atoms with E-state index in [1.807, 2.05) is 6.07 Å². The van der Waals surface area contributed by atoms with Crippen molar-refractivity contribution in [3.8, 4) is 5.75 Å². The van der Waals surface area contributed by atoms with E-state index in [-0.39, 0.29) is 25.3 Å². The van der Waals surface area contributed by atoms with E-state index in [4.69, 9.17) is 14.0 Å². The molecule has 0 radical (unpaired) electrons. The van der Waals surface area contributed by atoms with Crippen LogP contribution < -0.4 is 9.61 Å². The third-order valence-electron chi connectivity index (χ3n) is 5.50. The second kappa shape index (κ2) is 10.7. The van der Waals surface area contributed by atoms with Crippen molar-refractivity contribution in [1.82, 2.24) is 5.09 Å². The molecule has 0 spiro atoms. The molecule has 8 nitrogen and oxygen atoms in total.